The monoisotopic (exact) mass is 393 g/mol. The van der Waals surface area contributed by atoms with Crippen LogP contribution in [0.2, 0.25) is 0 Å². The second kappa shape index (κ2) is 7.30. The van der Waals surface area contributed by atoms with Crippen LogP contribution in [-0.4, -0.2) is 74.0 Å². The van der Waals surface area contributed by atoms with Crippen LogP contribution in [0.3, 0.4) is 0 Å². The first kappa shape index (κ1) is 18.4. The van der Waals surface area contributed by atoms with Gasteiger partial charge in [-0.15, -0.1) is 0 Å². The highest BCUT2D eigenvalue weighted by atomic mass is 16.6. The SMILES string of the molecule is O=C(CN1CCOCC1)OC1C2CC3C1OC(=O)C3C2C(=O)OC1CCCC1. The average molecular weight is 393 g/mol. The molecule has 8 heteroatoms. The molecule has 2 heterocycles. The van der Waals surface area contributed by atoms with Gasteiger partial charge in [0.25, 0.3) is 0 Å². The highest BCUT2D eigenvalue weighted by Crippen LogP contribution is 2.59. The maximum absolute atomic E-state index is 12.9. The Hall–Kier alpha value is -1.67. The van der Waals surface area contributed by atoms with Crippen LogP contribution >= 0.6 is 0 Å². The summed E-state index contributed by atoms with van der Waals surface area (Å²) in [4.78, 5) is 39.8. The van der Waals surface area contributed by atoms with E-state index in [0.717, 1.165) is 25.7 Å². The number of esters is 3. The van der Waals surface area contributed by atoms with E-state index < -0.39 is 24.0 Å². The molecule has 6 atom stereocenters. The fourth-order valence-corrected chi connectivity index (χ4v) is 5.85. The van der Waals surface area contributed by atoms with Gasteiger partial charge in [-0.3, -0.25) is 19.3 Å². The fourth-order valence-electron chi connectivity index (χ4n) is 5.85. The lowest BCUT2D eigenvalue weighted by Gasteiger charge is -2.32. The molecule has 154 valence electrons. The molecule has 2 bridgehead atoms. The van der Waals surface area contributed by atoms with E-state index in [0.29, 0.717) is 32.7 Å². The Kier molecular flexibility index (Phi) is 4.79. The van der Waals surface area contributed by atoms with Gasteiger partial charge >= 0.3 is 17.9 Å². The topological polar surface area (TPSA) is 91.4 Å². The molecule has 5 rings (SSSR count). The van der Waals surface area contributed by atoms with Crippen molar-refractivity contribution in [2.45, 2.75) is 50.4 Å². The van der Waals surface area contributed by atoms with Crippen LogP contribution in [0.15, 0.2) is 0 Å². The lowest BCUT2D eigenvalue weighted by molar-refractivity contribution is -0.169. The predicted molar refractivity (Wildman–Crippen MR) is 93.9 cm³/mol. The van der Waals surface area contributed by atoms with Crippen molar-refractivity contribution in [1.29, 1.82) is 0 Å². The second-order valence-electron chi connectivity index (χ2n) is 8.70. The van der Waals surface area contributed by atoms with Gasteiger partial charge in [0.15, 0.2) is 0 Å². The first-order chi connectivity index (χ1) is 13.6. The van der Waals surface area contributed by atoms with Crippen LogP contribution in [0, 0.1) is 23.7 Å². The van der Waals surface area contributed by atoms with Crippen molar-refractivity contribution in [1.82, 2.24) is 4.90 Å². The van der Waals surface area contributed by atoms with Crippen LogP contribution in [0.25, 0.3) is 0 Å². The van der Waals surface area contributed by atoms with Crippen molar-refractivity contribution in [3.8, 4) is 0 Å². The van der Waals surface area contributed by atoms with Gasteiger partial charge < -0.3 is 18.9 Å². The number of carbonyl (C=O) groups excluding carboxylic acids is 3. The Morgan fingerprint density at radius 2 is 1.82 bits per heavy atom. The van der Waals surface area contributed by atoms with Gasteiger partial charge in [0.1, 0.15) is 18.3 Å². The molecule has 8 nitrogen and oxygen atoms in total. The molecular weight excluding hydrogens is 366 g/mol. The van der Waals surface area contributed by atoms with Gasteiger partial charge in [-0.1, -0.05) is 0 Å². The summed E-state index contributed by atoms with van der Waals surface area (Å²) in [5.41, 5.74) is 0. The third-order valence-corrected chi connectivity index (χ3v) is 7.13. The van der Waals surface area contributed by atoms with E-state index in [4.69, 9.17) is 18.9 Å². The molecule has 0 aromatic rings. The zero-order valence-corrected chi connectivity index (χ0v) is 15.9. The lowest BCUT2D eigenvalue weighted by Crippen LogP contribution is -2.46. The molecule has 3 aliphatic carbocycles. The van der Waals surface area contributed by atoms with Crippen molar-refractivity contribution < 1.29 is 33.3 Å². The van der Waals surface area contributed by atoms with E-state index in [1.54, 1.807) is 0 Å². The van der Waals surface area contributed by atoms with E-state index in [1.165, 1.54) is 0 Å². The number of carbonyl (C=O) groups is 3. The molecule has 0 aromatic carbocycles. The van der Waals surface area contributed by atoms with E-state index in [9.17, 15) is 14.4 Å². The summed E-state index contributed by atoms with van der Waals surface area (Å²) >= 11 is 0. The van der Waals surface area contributed by atoms with Gasteiger partial charge in [-0.25, -0.2) is 0 Å². The Morgan fingerprint density at radius 3 is 2.57 bits per heavy atom. The molecule has 5 aliphatic rings. The number of hydrogen-bond acceptors (Lipinski definition) is 8. The molecule has 3 saturated carbocycles. The summed E-state index contributed by atoms with van der Waals surface area (Å²) in [5.74, 6) is -2.18. The largest absolute Gasteiger partial charge is 0.462 e. The zero-order valence-electron chi connectivity index (χ0n) is 15.9. The van der Waals surface area contributed by atoms with E-state index in [-0.39, 0.29) is 42.4 Å². The quantitative estimate of drug-likeness (QED) is 0.493. The summed E-state index contributed by atoms with van der Waals surface area (Å²) < 4.78 is 22.3. The first-order valence-corrected chi connectivity index (χ1v) is 10.5. The summed E-state index contributed by atoms with van der Waals surface area (Å²) in [6.07, 6.45) is 3.62. The number of rotatable bonds is 5. The van der Waals surface area contributed by atoms with E-state index in [2.05, 4.69) is 0 Å². The summed E-state index contributed by atoms with van der Waals surface area (Å²) in [6.45, 7) is 2.81. The van der Waals surface area contributed by atoms with Crippen molar-refractivity contribution in [2.24, 2.45) is 23.7 Å². The summed E-state index contributed by atoms with van der Waals surface area (Å²) in [6, 6.07) is 0. The molecule has 0 aromatic heterocycles. The Balaban J connectivity index is 1.26. The molecule has 6 unspecified atom stereocenters. The van der Waals surface area contributed by atoms with Gasteiger partial charge in [-0.2, -0.15) is 0 Å². The van der Waals surface area contributed by atoms with Crippen LogP contribution in [0.5, 0.6) is 0 Å². The minimum absolute atomic E-state index is 0.0397. The molecule has 0 N–H and O–H groups in total. The molecule has 2 aliphatic heterocycles. The van der Waals surface area contributed by atoms with E-state index in [1.807, 2.05) is 4.90 Å². The minimum atomic E-state index is -0.543. The number of fused-ring (bicyclic) bond motifs is 1. The Labute approximate surface area is 163 Å². The molecule has 28 heavy (non-hydrogen) atoms. The number of nitrogens with zero attached hydrogens (tertiary/aromatic N) is 1. The molecule has 5 fully saturated rings. The van der Waals surface area contributed by atoms with Crippen molar-refractivity contribution in [2.75, 3.05) is 32.8 Å². The molecule has 0 radical (unpaired) electrons. The number of morpholine rings is 1. The Morgan fingerprint density at radius 1 is 1.07 bits per heavy atom. The van der Waals surface area contributed by atoms with Gasteiger partial charge in [0, 0.05) is 24.9 Å². The minimum Gasteiger partial charge on any atom is -0.462 e. The normalized spacial score (nSPS) is 39.9. The molecule has 0 spiro atoms. The van der Waals surface area contributed by atoms with Crippen LogP contribution in [0.1, 0.15) is 32.1 Å². The highest BCUT2D eigenvalue weighted by molar-refractivity contribution is 5.86. The Bertz CT molecular complexity index is 655. The van der Waals surface area contributed by atoms with Crippen LogP contribution in [-0.2, 0) is 33.3 Å². The van der Waals surface area contributed by atoms with Crippen molar-refractivity contribution in [3.63, 3.8) is 0 Å². The first-order valence-electron chi connectivity index (χ1n) is 10.5. The lowest BCUT2D eigenvalue weighted by atomic mass is 9.78. The number of hydrogen-bond donors (Lipinski definition) is 0. The van der Waals surface area contributed by atoms with Gasteiger partial charge in [-0.05, 0) is 32.1 Å². The summed E-state index contributed by atoms with van der Waals surface area (Å²) in [7, 11) is 0. The van der Waals surface area contributed by atoms with E-state index >= 15 is 0 Å². The summed E-state index contributed by atoms with van der Waals surface area (Å²) in [5, 5.41) is 0. The smallest absolute Gasteiger partial charge is 0.320 e. The van der Waals surface area contributed by atoms with Gasteiger partial charge in [0.2, 0.25) is 0 Å². The van der Waals surface area contributed by atoms with Crippen molar-refractivity contribution in [3.05, 3.63) is 0 Å². The third-order valence-electron chi connectivity index (χ3n) is 7.13. The molecule has 0 amide bonds. The van der Waals surface area contributed by atoms with Crippen LogP contribution in [0.4, 0.5) is 0 Å². The van der Waals surface area contributed by atoms with Gasteiger partial charge in [0.05, 0.1) is 31.6 Å². The predicted octanol–water partition coefficient (Wildman–Crippen LogP) is 0.524. The van der Waals surface area contributed by atoms with Crippen molar-refractivity contribution >= 4 is 17.9 Å². The molecule has 2 saturated heterocycles. The zero-order chi connectivity index (χ0) is 19.3. The second-order valence-corrected chi connectivity index (χ2v) is 8.70. The number of ether oxygens (including phenoxy) is 4. The maximum atomic E-state index is 12.9. The molecular formula is C20H27NO7. The third kappa shape index (κ3) is 3.10. The standard InChI is InChI=1S/C20H27NO7/c22-14(10-21-5-7-25-8-6-21)27-17-12-9-13-16(20(24)28-18(13)17)15(12)19(23)26-11-3-1-2-4-11/h11-13,15-18H,1-10H2. The van der Waals surface area contributed by atoms with Crippen LogP contribution < -0.4 is 0 Å². The maximum Gasteiger partial charge on any atom is 0.320 e. The highest BCUT2D eigenvalue weighted by Gasteiger charge is 2.70. The fraction of sp³-hybridized carbons (Fsp3) is 0.850. The average Bonchev–Trinajstić information content (AvgIpc) is 3.41.